The number of Topliss-reactive ketones (excluding diaryl/α,β-unsaturated/α-hetero) is 1. The quantitative estimate of drug-likeness (QED) is 0.396. The molecular formula is C22H30O6. The Balaban J connectivity index is 2.02. The van der Waals surface area contributed by atoms with Crippen LogP contribution < -0.4 is 4.74 Å². The van der Waals surface area contributed by atoms with Gasteiger partial charge in [-0.1, -0.05) is 50.5 Å². The van der Waals surface area contributed by atoms with Crippen LogP contribution >= 0.6 is 0 Å². The van der Waals surface area contributed by atoms with E-state index in [9.17, 15) is 19.8 Å². The Morgan fingerprint density at radius 1 is 1.36 bits per heavy atom. The van der Waals surface area contributed by atoms with Crippen molar-refractivity contribution < 1.29 is 29.6 Å². The van der Waals surface area contributed by atoms with Crippen molar-refractivity contribution in [3.63, 3.8) is 0 Å². The van der Waals surface area contributed by atoms with Gasteiger partial charge in [-0.25, -0.2) is 4.79 Å². The number of carboxylic acid groups (broad SMARTS) is 1. The number of hydrogen-bond donors (Lipinski definition) is 3. The molecule has 3 N–H and O–H groups in total. The van der Waals surface area contributed by atoms with Gasteiger partial charge < -0.3 is 20.1 Å². The van der Waals surface area contributed by atoms with E-state index in [0.717, 1.165) is 24.8 Å². The number of hydrogen-bond acceptors (Lipinski definition) is 5. The molecule has 0 radical (unpaired) electrons. The fourth-order valence-corrected chi connectivity index (χ4v) is 3.61. The molecule has 28 heavy (non-hydrogen) atoms. The highest BCUT2D eigenvalue weighted by atomic mass is 16.5. The highest BCUT2D eigenvalue weighted by Crippen LogP contribution is 2.34. The van der Waals surface area contributed by atoms with Crippen LogP contribution in [0.15, 0.2) is 36.4 Å². The van der Waals surface area contributed by atoms with Gasteiger partial charge in [0.25, 0.3) is 0 Å². The first-order valence-corrected chi connectivity index (χ1v) is 9.91. The van der Waals surface area contributed by atoms with Crippen LogP contribution in [0.1, 0.15) is 44.6 Å². The van der Waals surface area contributed by atoms with Crippen LogP contribution in [0.4, 0.5) is 0 Å². The fraction of sp³-hybridized carbons (Fsp3) is 0.545. The van der Waals surface area contributed by atoms with Crippen molar-refractivity contribution in [1.82, 2.24) is 0 Å². The van der Waals surface area contributed by atoms with Crippen LogP contribution in [0, 0.1) is 11.8 Å². The Hall–Kier alpha value is -2.18. The minimum absolute atomic E-state index is 0.000481. The standard InChI is InChI=1S/C22H30O6/c1-2-3-4-7-16(23)9-10-18-19(21(25)13-20(18)24)12-15-6-5-8-17(11-15)28-14-22(26)27/h5-6,8-11,16,18-20,23-24H,2-4,7,12-14H2,1H3,(H,26,27). The lowest BCUT2D eigenvalue weighted by molar-refractivity contribution is -0.139. The maximum Gasteiger partial charge on any atom is 0.341 e. The molecule has 6 heteroatoms. The van der Waals surface area contributed by atoms with Crippen LogP contribution in [0.5, 0.6) is 5.75 Å². The minimum atomic E-state index is -1.05. The molecule has 0 amide bonds. The van der Waals surface area contributed by atoms with Crippen LogP contribution in [0.25, 0.3) is 0 Å². The number of carbonyl (C=O) groups is 2. The van der Waals surface area contributed by atoms with Gasteiger partial charge in [-0.05, 0) is 30.5 Å². The van der Waals surface area contributed by atoms with Crippen molar-refractivity contribution in [2.45, 2.75) is 57.7 Å². The molecule has 4 atom stereocenters. The summed E-state index contributed by atoms with van der Waals surface area (Å²) in [5, 5.41) is 29.1. The highest BCUT2D eigenvalue weighted by Gasteiger charge is 2.39. The lowest BCUT2D eigenvalue weighted by Gasteiger charge is -2.18. The third-order valence-corrected chi connectivity index (χ3v) is 5.11. The Morgan fingerprint density at radius 2 is 2.14 bits per heavy atom. The zero-order valence-electron chi connectivity index (χ0n) is 16.3. The number of unbranched alkanes of at least 4 members (excludes halogenated alkanes) is 2. The van der Waals surface area contributed by atoms with Crippen LogP contribution in [0.2, 0.25) is 0 Å². The summed E-state index contributed by atoms with van der Waals surface area (Å²) in [6.07, 6.45) is 6.48. The number of benzene rings is 1. The van der Waals surface area contributed by atoms with E-state index < -0.39 is 24.8 Å². The van der Waals surface area contributed by atoms with E-state index in [1.807, 2.05) is 6.07 Å². The van der Waals surface area contributed by atoms with Gasteiger partial charge in [0.2, 0.25) is 0 Å². The monoisotopic (exact) mass is 390 g/mol. The van der Waals surface area contributed by atoms with Crippen LogP contribution in [-0.2, 0) is 16.0 Å². The zero-order chi connectivity index (χ0) is 20.5. The molecule has 154 valence electrons. The number of rotatable bonds is 11. The Morgan fingerprint density at radius 3 is 2.86 bits per heavy atom. The first-order valence-electron chi connectivity index (χ1n) is 9.91. The molecule has 0 spiro atoms. The van der Waals surface area contributed by atoms with Gasteiger partial charge in [0.1, 0.15) is 11.5 Å². The molecule has 0 aromatic heterocycles. The van der Waals surface area contributed by atoms with Crippen LogP contribution in [-0.4, -0.2) is 45.9 Å². The number of aliphatic hydroxyl groups excluding tert-OH is 2. The molecule has 4 unspecified atom stereocenters. The normalized spacial score (nSPS) is 23.2. The molecule has 1 aliphatic carbocycles. The third-order valence-electron chi connectivity index (χ3n) is 5.11. The number of ether oxygens (including phenoxy) is 1. The largest absolute Gasteiger partial charge is 0.482 e. The van der Waals surface area contributed by atoms with Gasteiger partial charge in [-0.2, -0.15) is 0 Å². The van der Waals surface area contributed by atoms with Crippen molar-refractivity contribution in [2.24, 2.45) is 11.8 Å². The fourth-order valence-electron chi connectivity index (χ4n) is 3.61. The van der Waals surface area contributed by atoms with Gasteiger partial charge >= 0.3 is 5.97 Å². The lowest BCUT2D eigenvalue weighted by atomic mass is 9.87. The first-order chi connectivity index (χ1) is 13.4. The number of carboxylic acids is 1. The highest BCUT2D eigenvalue weighted by molar-refractivity contribution is 5.85. The van der Waals surface area contributed by atoms with E-state index in [-0.39, 0.29) is 24.0 Å². The molecule has 0 bridgehead atoms. The molecule has 1 fully saturated rings. The summed E-state index contributed by atoms with van der Waals surface area (Å²) < 4.78 is 5.19. The molecule has 1 aliphatic rings. The van der Waals surface area contributed by atoms with Crippen molar-refractivity contribution in [2.75, 3.05) is 6.61 Å². The van der Waals surface area contributed by atoms with E-state index in [4.69, 9.17) is 9.84 Å². The van der Waals surface area contributed by atoms with Gasteiger partial charge in [0, 0.05) is 18.3 Å². The average Bonchev–Trinajstić information content (AvgIpc) is 2.91. The predicted octanol–water partition coefficient (Wildman–Crippen LogP) is 2.76. The van der Waals surface area contributed by atoms with E-state index >= 15 is 0 Å². The average molecular weight is 390 g/mol. The van der Waals surface area contributed by atoms with Gasteiger partial charge in [0.05, 0.1) is 12.2 Å². The number of ketones is 1. The molecule has 0 aliphatic heterocycles. The second-order valence-corrected chi connectivity index (χ2v) is 7.40. The van der Waals surface area contributed by atoms with Gasteiger partial charge in [-0.15, -0.1) is 0 Å². The maximum absolute atomic E-state index is 12.4. The Labute approximate surface area is 165 Å². The van der Waals surface area contributed by atoms with Gasteiger partial charge in [0.15, 0.2) is 6.61 Å². The van der Waals surface area contributed by atoms with Crippen molar-refractivity contribution >= 4 is 11.8 Å². The summed E-state index contributed by atoms with van der Waals surface area (Å²) in [7, 11) is 0. The van der Waals surface area contributed by atoms with E-state index in [2.05, 4.69) is 6.92 Å². The molecule has 1 aromatic rings. The summed E-state index contributed by atoms with van der Waals surface area (Å²) in [5.74, 6) is -1.33. The first kappa shape index (κ1) is 22.1. The summed E-state index contributed by atoms with van der Waals surface area (Å²) in [4.78, 5) is 23.0. The second-order valence-electron chi connectivity index (χ2n) is 7.40. The van der Waals surface area contributed by atoms with E-state index in [1.54, 1.807) is 30.4 Å². The summed E-state index contributed by atoms with van der Waals surface area (Å²) in [6, 6.07) is 7.00. The Kier molecular flexibility index (Phi) is 8.67. The number of carbonyl (C=O) groups excluding carboxylic acids is 1. The maximum atomic E-state index is 12.4. The molecular weight excluding hydrogens is 360 g/mol. The topological polar surface area (TPSA) is 104 Å². The van der Waals surface area contributed by atoms with Crippen molar-refractivity contribution in [3.8, 4) is 5.75 Å². The SMILES string of the molecule is CCCCCC(O)C=CC1C(O)CC(=O)C1Cc1cccc(OCC(=O)O)c1. The van der Waals surface area contributed by atoms with Crippen molar-refractivity contribution in [3.05, 3.63) is 42.0 Å². The lowest BCUT2D eigenvalue weighted by Crippen LogP contribution is -2.21. The van der Waals surface area contributed by atoms with E-state index in [0.29, 0.717) is 18.6 Å². The molecule has 1 saturated carbocycles. The number of aliphatic carboxylic acids is 1. The van der Waals surface area contributed by atoms with E-state index in [1.165, 1.54) is 0 Å². The molecule has 6 nitrogen and oxygen atoms in total. The smallest absolute Gasteiger partial charge is 0.341 e. The summed E-state index contributed by atoms with van der Waals surface area (Å²) in [5.41, 5.74) is 0.845. The van der Waals surface area contributed by atoms with Crippen LogP contribution in [0.3, 0.4) is 0 Å². The summed E-state index contributed by atoms with van der Waals surface area (Å²) >= 11 is 0. The molecule has 2 rings (SSSR count). The summed E-state index contributed by atoms with van der Waals surface area (Å²) in [6.45, 7) is 1.68. The van der Waals surface area contributed by atoms with Crippen molar-refractivity contribution in [1.29, 1.82) is 0 Å². The molecule has 1 aromatic carbocycles. The predicted molar refractivity (Wildman–Crippen MR) is 105 cm³/mol. The third kappa shape index (κ3) is 6.77. The molecule has 0 heterocycles. The molecule has 0 saturated heterocycles. The Bertz CT molecular complexity index is 683. The number of aliphatic hydroxyl groups is 2. The second kappa shape index (κ2) is 11.0. The van der Waals surface area contributed by atoms with Gasteiger partial charge in [-0.3, -0.25) is 4.79 Å². The zero-order valence-corrected chi connectivity index (χ0v) is 16.3. The minimum Gasteiger partial charge on any atom is -0.482 e.